The fraction of sp³-hybridized carbons (Fsp3) is 0.652. The van der Waals surface area contributed by atoms with E-state index in [4.69, 9.17) is 9.16 Å². The van der Waals surface area contributed by atoms with Gasteiger partial charge in [-0.15, -0.1) is 0 Å². The van der Waals surface area contributed by atoms with Crippen molar-refractivity contribution < 1.29 is 9.16 Å². The molecule has 0 aliphatic heterocycles. The van der Waals surface area contributed by atoms with Crippen LogP contribution in [-0.4, -0.2) is 36.3 Å². The Hall–Kier alpha value is -1.86. The summed E-state index contributed by atoms with van der Waals surface area (Å²) >= 11 is 0. The van der Waals surface area contributed by atoms with E-state index in [1.54, 1.807) is 0 Å². The van der Waals surface area contributed by atoms with Gasteiger partial charge in [-0.05, 0) is 64.7 Å². The molecule has 0 amide bonds. The fourth-order valence-electron chi connectivity index (χ4n) is 2.72. The Morgan fingerprint density at radius 2 is 1.70 bits per heavy atom. The number of nitrogens with zero attached hydrogens (tertiary/aromatic N) is 3. The predicted octanol–water partition coefficient (Wildman–Crippen LogP) is 6.27. The Bertz CT molecular complexity index is 819. The summed E-state index contributed by atoms with van der Waals surface area (Å²) in [6, 6.07) is 7.82. The van der Waals surface area contributed by atoms with E-state index < -0.39 is 8.32 Å². The minimum atomic E-state index is -1.66. The second kappa shape index (κ2) is 9.52. The Balaban J connectivity index is 1.84. The molecule has 2 aromatic rings. The summed E-state index contributed by atoms with van der Waals surface area (Å²) in [5.41, 5.74) is 0.858. The average Bonchev–Trinajstić information content (AvgIpc) is 2.98. The first kappa shape index (κ1) is 24.4. The van der Waals surface area contributed by atoms with Gasteiger partial charge in [-0.2, -0.15) is 10.1 Å². The average molecular weight is 433 g/mol. The maximum absolute atomic E-state index is 6.22. The Morgan fingerprint density at radius 1 is 1.03 bits per heavy atom. The monoisotopic (exact) mass is 432 g/mol. The van der Waals surface area contributed by atoms with Gasteiger partial charge in [0.2, 0.25) is 5.88 Å². The summed E-state index contributed by atoms with van der Waals surface area (Å²) in [6.07, 6.45) is 1.94. The number of anilines is 2. The summed E-state index contributed by atoms with van der Waals surface area (Å²) < 4.78 is 14.1. The largest absolute Gasteiger partial charge is 0.478 e. The Labute approximate surface area is 183 Å². The van der Waals surface area contributed by atoms with Gasteiger partial charge in [0.15, 0.2) is 8.32 Å². The molecular formula is C23H40N4O2Si. The zero-order valence-electron chi connectivity index (χ0n) is 20.3. The lowest BCUT2D eigenvalue weighted by Gasteiger charge is -2.36. The third-order valence-corrected chi connectivity index (χ3v) is 10.0. The van der Waals surface area contributed by atoms with Gasteiger partial charge in [0.25, 0.3) is 0 Å². The second-order valence-corrected chi connectivity index (χ2v) is 15.2. The third kappa shape index (κ3) is 6.84. The molecular weight excluding hydrogens is 392 g/mol. The van der Waals surface area contributed by atoms with E-state index in [2.05, 4.69) is 70.0 Å². The summed E-state index contributed by atoms with van der Waals surface area (Å²) in [7, 11) is -1.66. The molecule has 0 saturated carbocycles. The van der Waals surface area contributed by atoms with Crippen molar-refractivity contribution in [2.75, 3.05) is 18.5 Å². The van der Waals surface area contributed by atoms with E-state index >= 15 is 0 Å². The van der Waals surface area contributed by atoms with Crippen molar-refractivity contribution in [2.45, 2.75) is 85.0 Å². The van der Waals surface area contributed by atoms with Gasteiger partial charge in [0.05, 0.1) is 17.8 Å². The standard InChI is InChI=1S/C23H40N4O2Si/c1-18-17-20(27(26-18)22(2,3)4)24-19-13-12-14-21(25-19)28-15-10-11-16-29-30(8,9)23(5,6)7/h12-14,17H,10-11,15-16H2,1-9H3,(H,24,25). The lowest BCUT2D eigenvalue weighted by atomic mass is 10.1. The highest BCUT2D eigenvalue weighted by Gasteiger charge is 2.36. The number of pyridine rings is 1. The van der Waals surface area contributed by atoms with Gasteiger partial charge >= 0.3 is 0 Å². The van der Waals surface area contributed by atoms with Crippen LogP contribution in [0.25, 0.3) is 0 Å². The van der Waals surface area contributed by atoms with Crippen molar-refractivity contribution in [1.29, 1.82) is 0 Å². The molecule has 0 bridgehead atoms. The highest BCUT2D eigenvalue weighted by atomic mass is 28.4. The molecule has 0 aliphatic rings. The van der Waals surface area contributed by atoms with Crippen molar-refractivity contribution >= 4 is 20.0 Å². The molecule has 2 aromatic heterocycles. The van der Waals surface area contributed by atoms with Crippen molar-refractivity contribution in [3.63, 3.8) is 0 Å². The number of ether oxygens (including phenoxy) is 1. The van der Waals surface area contributed by atoms with E-state index in [0.717, 1.165) is 36.8 Å². The minimum absolute atomic E-state index is 0.114. The van der Waals surface area contributed by atoms with Gasteiger partial charge in [0, 0.05) is 18.7 Å². The molecule has 0 spiro atoms. The summed E-state index contributed by atoms with van der Waals surface area (Å²) in [6.45, 7) is 21.2. The van der Waals surface area contributed by atoms with Gasteiger partial charge in [-0.3, -0.25) is 0 Å². The molecule has 7 heteroatoms. The van der Waals surface area contributed by atoms with Crippen LogP contribution in [-0.2, 0) is 9.96 Å². The summed E-state index contributed by atoms with van der Waals surface area (Å²) in [5.74, 6) is 2.30. The summed E-state index contributed by atoms with van der Waals surface area (Å²) in [4.78, 5) is 4.59. The van der Waals surface area contributed by atoms with E-state index in [1.807, 2.05) is 35.9 Å². The van der Waals surface area contributed by atoms with Crippen molar-refractivity contribution in [3.05, 3.63) is 30.0 Å². The predicted molar refractivity (Wildman–Crippen MR) is 127 cm³/mol. The maximum atomic E-state index is 6.22. The van der Waals surface area contributed by atoms with Crippen LogP contribution in [0.15, 0.2) is 24.3 Å². The van der Waals surface area contributed by atoms with Crippen LogP contribution in [0, 0.1) is 6.92 Å². The molecule has 30 heavy (non-hydrogen) atoms. The molecule has 1 N–H and O–H groups in total. The number of aromatic nitrogens is 3. The smallest absolute Gasteiger partial charge is 0.215 e. The lowest BCUT2D eigenvalue weighted by Crippen LogP contribution is -2.41. The van der Waals surface area contributed by atoms with Crippen LogP contribution in [0.3, 0.4) is 0 Å². The zero-order chi connectivity index (χ0) is 22.6. The first-order valence-electron chi connectivity index (χ1n) is 10.9. The number of nitrogens with one attached hydrogen (secondary N) is 1. The molecule has 0 aromatic carbocycles. The molecule has 0 fully saturated rings. The van der Waals surface area contributed by atoms with Gasteiger partial charge in [-0.1, -0.05) is 26.8 Å². The lowest BCUT2D eigenvalue weighted by molar-refractivity contribution is 0.248. The number of hydrogen-bond donors (Lipinski definition) is 1. The van der Waals surface area contributed by atoms with Crippen LogP contribution in [0.5, 0.6) is 5.88 Å². The van der Waals surface area contributed by atoms with Crippen LogP contribution < -0.4 is 10.1 Å². The highest BCUT2D eigenvalue weighted by Crippen LogP contribution is 2.36. The van der Waals surface area contributed by atoms with Crippen molar-refractivity contribution in [3.8, 4) is 5.88 Å². The van der Waals surface area contributed by atoms with E-state index in [9.17, 15) is 0 Å². The number of hydrogen-bond acceptors (Lipinski definition) is 5. The van der Waals surface area contributed by atoms with E-state index in [0.29, 0.717) is 12.5 Å². The normalized spacial score (nSPS) is 12.8. The maximum Gasteiger partial charge on any atom is 0.215 e. The molecule has 0 radical (unpaired) electrons. The van der Waals surface area contributed by atoms with Crippen LogP contribution in [0.1, 0.15) is 60.1 Å². The molecule has 0 saturated heterocycles. The second-order valence-electron chi connectivity index (χ2n) is 10.4. The topological polar surface area (TPSA) is 61.2 Å². The van der Waals surface area contributed by atoms with Crippen LogP contribution in [0.4, 0.5) is 11.6 Å². The SMILES string of the molecule is Cc1cc(Nc2cccc(OCCCCO[Si](C)(C)C(C)(C)C)n2)n(C(C)(C)C)n1. The summed E-state index contributed by atoms with van der Waals surface area (Å²) in [5, 5.41) is 8.22. The number of aryl methyl sites for hydroxylation is 1. The molecule has 0 aliphatic carbocycles. The van der Waals surface area contributed by atoms with Gasteiger partial charge in [-0.25, -0.2) is 4.68 Å². The number of rotatable bonds is 9. The molecule has 6 nitrogen and oxygen atoms in total. The first-order chi connectivity index (χ1) is 13.8. The fourth-order valence-corrected chi connectivity index (χ4v) is 3.81. The van der Waals surface area contributed by atoms with E-state index in [1.165, 1.54) is 0 Å². The first-order valence-corrected chi connectivity index (χ1v) is 13.8. The molecule has 2 rings (SSSR count). The molecule has 168 valence electrons. The van der Waals surface area contributed by atoms with Gasteiger partial charge < -0.3 is 14.5 Å². The van der Waals surface area contributed by atoms with E-state index in [-0.39, 0.29) is 10.6 Å². The van der Waals surface area contributed by atoms with Crippen LogP contribution >= 0.6 is 0 Å². The molecule has 0 atom stereocenters. The molecule has 0 unspecified atom stereocenters. The van der Waals surface area contributed by atoms with Gasteiger partial charge in [0.1, 0.15) is 11.6 Å². The highest BCUT2D eigenvalue weighted by molar-refractivity contribution is 6.74. The van der Waals surface area contributed by atoms with Crippen LogP contribution in [0.2, 0.25) is 18.1 Å². The zero-order valence-corrected chi connectivity index (χ0v) is 21.3. The Kier molecular flexibility index (Phi) is 7.74. The molecule has 2 heterocycles. The number of unbranched alkanes of at least 4 members (excludes halogenated alkanes) is 1. The third-order valence-electron chi connectivity index (χ3n) is 5.50. The van der Waals surface area contributed by atoms with Crippen molar-refractivity contribution in [1.82, 2.24) is 14.8 Å². The van der Waals surface area contributed by atoms with Crippen molar-refractivity contribution in [2.24, 2.45) is 0 Å². The minimum Gasteiger partial charge on any atom is -0.478 e. The Morgan fingerprint density at radius 3 is 2.33 bits per heavy atom. The quantitative estimate of drug-likeness (QED) is 0.374.